The number of carboxylic acid groups (broad SMARTS) is 1. The van der Waals surface area contributed by atoms with Gasteiger partial charge in [0.25, 0.3) is 0 Å². The molecule has 25 heavy (non-hydrogen) atoms. The molecule has 7 nitrogen and oxygen atoms in total. The summed E-state index contributed by atoms with van der Waals surface area (Å²) in [4.78, 5) is 36.7. The van der Waals surface area contributed by atoms with E-state index >= 15 is 0 Å². The molecule has 2 aliphatic rings. The summed E-state index contributed by atoms with van der Waals surface area (Å²) in [5, 5.41) is 14.4. The summed E-state index contributed by atoms with van der Waals surface area (Å²) in [5.41, 5.74) is 0.500. The molecule has 3 rings (SSSR count). The number of rotatable bonds is 4. The van der Waals surface area contributed by atoms with Crippen LogP contribution in [0, 0.1) is 17.7 Å². The summed E-state index contributed by atoms with van der Waals surface area (Å²) in [6.07, 6.45) is 1.66. The molecule has 0 aromatic heterocycles. The van der Waals surface area contributed by atoms with Crippen molar-refractivity contribution in [3.8, 4) is 0 Å². The van der Waals surface area contributed by atoms with Crippen LogP contribution in [0.15, 0.2) is 24.3 Å². The van der Waals surface area contributed by atoms with E-state index in [4.69, 9.17) is 5.11 Å². The number of halogens is 1. The molecular formula is C17H20FN3O4. The molecule has 1 aliphatic carbocycles. The molecule has 0 bridgehead atoms. The van der Waals surface area contributed by atoms with Crippen LogP contribution in [0.4, 0.5) is 14.9 Å². The molecule has 1 aromatic carbocycles. The highest BCUT2D eigenvalue weighted by Gasteiger charge is 2.50. The second-order valence-electron chi connectivity index (χ2n) is 6.49. The molecule has 134 valence electrons. The van der Waals surface area contributed by atoms with Crippen molar-refractivity contribution in [2.24, 2.45) is 11.8 Å². The molecular weight excluding hydrogens is 329 g/mol. The molecule has 3 N–H and O–H groups in total. The van der Waals surface area contributed by atoms with E-state index in [2.05, 4.69) is 10.6 Å². The number of aliphatic carboxylic acids is 1. The van der Waals surface area contributed by atoms with Crippen LogP contribution in [0.5, 0.6) is 0 Å². The monoisotopic (exact) mass is 349 g/mol. The van der Waals surface area contributed by atoms with Crippen LogP contribution in [-0.4, -0.2) is 47.0 Å². The predicted octanol–water partition coefficient (Wildman–Crippen LogP) is 1.66. The van der Waals surface area contributed by atoms with Crippen LogP contribution in [-0.2, 0) is 9.59 Å². The van der Waals surface area contributed by atoms with Crippen molar-refractivity contribution in [1.82, 2.24) is 10.2 Å². The fraction of sp³-hybridized carbons (Fsp3) is 0.471. The lowest BCUT2D eigenvalue weighted by molar-refractivity contribution is -0.142. The Morgan fingerprint density at radius 2 is 1.72 bits per heavy atom. The molecule has 2 fully saturated rings. The molecule has 1 heterocycles. The first kappa shape index (κ1) is 17.2. The van der Waals surface area contributed by atoms with Gasteiger partial charge in [-0.2, -0.15) is 0 Å². The fourth-order valence-corrected chi connectivity index (χ4v) is 3.11. The molecule has 8 heteroatoms. The van der Waals surface area contributed by atoms with Crippen LogP contribution in [0.1, 0.15) is 19.3 Å². The van der Waals surface area contributed by atoms with Gasteiger partial charge in [0.2, 0.25) is 5.91 Å². The van der Waals surface area contributed by atoms with Crippen molar-refractivity contribution >= 4 is 23.6 Å². The molecule has 2 atom stereocenters. The van der Waals surface area contributed by atoms with E-state index in [1.54, 1.807) is 4.90 Å². The summed E-state index contributed by atoms with van der Waals surface area (Å²) < 4.78 is 12.8. The summed E-state index contributed by atoms with van der Waals surface area (Å²) in [7, 11) is 0. The first-order valence-electron chi connectivity index (χ1n) is 8.28. The maximum Gasteiger partial charge on any atom is 0.319 e. The van der Waals surface area contributed by atoms with Crippen molar-refractivity contribution in [2.75, 3.05) is 18.4 Å². The summed E-state index contributed by atoms with van der Waals surface area (Å²) in [6.45, 7) is 1.01. The third-order valence-corrected chi connectivity index (χ3v) is 4.67. The number of carboxylic acids is 1. The van der Waals surface area contributed by atoms with Gasteiger partial charge in [0.05, 0.1) is 11.8 Å². The number of hydrogen-bond acceptors (Lipinski definition) is 3. The number of piperidine rings is 1. The van der Waals surface area contributed by atoms with Crippen molar-refractivity contribution < 1.29 is 23.9 Å². The summed E-state index contributed by atoms with van der Waals surface area (Å²) in [6, 6.07) is 5.06. The Hall–Kier alpha value is -2.64. The van der Waals surface area contributed by atoms with Crippen LogP contribution >= 0.6 is 0 Å². The van der Waals surface area contributed by atoms with E-state index in [0.29, 0.717) is 38.0 Å². The van der Waals surface area contributed by atoms with Gasteiger partial charge in [0.15, 0.2) is 0 Å². The SMILES string of the molecule is O=C(Nc1ccc(F)cc1)NC1CCN(C(=O)C2CC2C(=O)O)CC1. The molecule has 1 aromatic rings. The molecule has 2 unspecified atom stereocenters. The van der Waals surface area contributed by atoms with Gasteiger partial charge in [0.1, 0.15) is 5.82 Å². The zero-order chi connectivity index (χ0) is 18.0. The van der Waals surface area contributed by atoms with Crippen LogP contribution in [0.3, 0.4) is 0 Å². The maximum absolute atomic E-state index is 12.8. The topological polar surface area (TPSA) is 98.7 Å². The Kier molecular flexibility index (Phi) is 4.87. The number of hydrogen-bond donors (Lipinski definition) is 3. The van der Waals surface area contributed by atoms with Crippen molar-refractivity contribution in [2.45, 2.75) is 25.3 Å². The Labute approximate surface area is 144 Å². The van der Waals surface area contributed by atoms with Gasteiger partial charge in [-0.1, -0.05) is 0 Å². The highest BCUT2D eigenvalue weighted by atomic mass is 19.1. The normalized spacial score (nSPS) is 23.0. The van der Waals surface area contributed by atoms with E-state index in [0.717, 1.165) is 0 Å². The largest absolute Gasteiger partial charge is 0.481 e. The van der Waals surface area contributed by atoms with Crippen LogP contribution in [0.2, 0.25) is 0 Å². The number of carbonyl (C=O) groups excluding carboxylic acids is 2. The number of likely N-dealkylation sites (tertiary alicyclic amines) is 1. The molecule has 3 amide bonds. The van der Waals surface area contributed by atoms with E-state index < -0.39 is 11.9 Å². The number of amides is 3. The van der Waals surface area contributed by atoms with E-state index in [1.165, 1.54) is 24.3 Å². The van der Waals surface area contributed by atoms with Crippen molar-refractivity contribution in [3.05, 3.63) is 30.1 Å². The second-order valence-corrected chi connectivity index (χ2v) is 6.49. The standard InChI is InChI=1S/C17H20FN3O4/c18-10-1-3-11(4-2-10)19-17(25)20-12-5-7-21(8-6-12)15(22)13-9-14(13)16(23)24/h1-4,12-14H,5-9H2,(H,23,24)(H2,19,20,25). The van der Waals surface area contributed by atoms with Gasteiger partial charge in [0, 0.05) is 24.8 Å². The minimum Gasteiger partial charge on any atom is -0.481 e. The predicted molar refractivity (Wildman–Crippen MR) is 87.4 cm³/mol. The smallest absolute Gasteiger partial charge is 0.319 e. The van der Waals surface area contributed by atoms with Gasteiger partial charge in [-0.25, -0.2) is 9.18 Å². The zero-order valence-corrected chi connectivity index (χ0v) is 13.6. The number of benzene rings is 1. The number of carbonyl (C=O) groups is 3. The lowest BCUT2D eigenvalue weighted by Gasteiger charge is -2.32. The Balaban J connectivity index is 1.42. The highest BCUT2D eigenvalue weighted by Crippen LogP contribution is 2.40. The molecule has 1 aliphatic heterocycles. The first-order valence-corrected chi connectivity index (χ1v) is 8.28. The van der Waals surface area contributed by atoms with E-state index in [1.807, 2.05) is 0 Å². The third-order valence-electron chi connectivity index (χ3n) is 4.67. The Morgan fingerprint density at radius 1 is 1.08 bits per heavy atom. The van der Waals surface area contributed by atoms with Crippen molar-refractivity contribution in [3.63, 3.8) is 0 Å². The zero-order valence-electron chi connectivity index (χ0n) is 13.6. The number of anilines is 1. The highest BCUT2D eigenvalue weighted by molar-refractivity contribution is 5.90. The average molecular weight is 349 g/mol. The number of nitrogens with zero attached hydrogens (tertiary/aromatic N) is 1. The number of nitrogens with one attached hydrogen (secondary N) is 2. The summed E-state index contributed by atoms with van der Waals surface area (Å²) >= 11 is 0. The van der Waals surface area contributed by atoms with Crippen LogP contribution < -0.4 is 10.6 Å². The van der Waals surface area contributed by atoms with Crippen molar-refractivity contribution in [1.29, 1.82) is 0 Å². The fourth-order valence-electron chi connectivity index (χ4n) is 3.11. The van der Waals surface area contributed by atoms with E-state index in [9.17, 15) is 18.8 Å². The van der Waals surface area contributed by atoms with Gasteiger partial charge in [-0.3, -0.25) is 9.59 Å². The summed E-state index contributed by atoms with van der Waals surface area (Å²) in [5.74, 6) is -2.30. The molecule has 0 spiro atoms. The Morgan fingerprint density at radius 3 is 2.28 bits per heavy atom. The first-order chi connectivity index (χ1) is 11.9. The minimum absolute atomic E-state index is 0.0565. The molecule has 0 radical (unpaired) electrons. The third kappa shape index (κ3) is 4.26. The second kappa shape index (κ2) is 7.08. The lowest BCUT2D eigenvalue weighted by Crippen LogP contribution is -2.48. The molecule has 1 saturated heterocycles. The van der Waals surface area contributed by atoms with Gasteiger partial charge in [-0.05, 0) is 43.5 Å². The van der Waals surface area contributed by atoms with E-state index in [-0.39, 0.29) is 29.7 Å². The van der Waals surface area contributed by atoms with Gasteiger partial charge >= 0.3 is 12.0 Å². The quantitative estimate of drug-likeness (QED) is 0.770. The van der Waals surface area contributed by atoms with Gasteiger partial charge < -0.3 is 20.6 Å². The molecule has 1 saturated carbocycles. The maximum atomic E-state index is 12.8. The average Bonchev–Trinajstić information content (AvgIpc) is 3.38. The number of urea groups is 1. The van der Waals surface area contributed by atoms with Crippen LogP contribution in [0.25, 0.3) is 0 Å². The minimum atomic E-state index is -0.910. The lowest BCUT2D eigenvalue weighted by atomic mass is 10.0. The van der Waals surface area contributed by atoms with Gasteiger partial charge in [-0.15, -0.1) is 0 Å². The Bertz CT molecular complexity index is 671.